The first kappa shape index (κ1) is 80.6. The van der Waals surface area contributed by atoms with Crippen molar-refractivity contribution in [3.63, 3.8) is 0 Å². The van der Waals surface area contributed by atoms with Crippen molar-refractivity contribution < 1.29 is 28.6 Å². The minimum absolute atomic E-state index is 0.0705. The number of esters is 3. The van der Waals surface area contributed by atoms with Crippen LogP contribution < -0.4 is 0 Å². The van der Waals surface area contributed by atoms with Crippen LogP contribution in [0.15, 0.2) is 36.5 Å². The number of carbonyl (C=O) groups is 3. The van der Waals surface area contributed by atoms with E-state index in [0.29, 0.717) is 19.3 Å². The molecule has 0 saturated heterocycles. The molecule has 1 unspecified atom stereocenters. The SMILES string of the molecule is CCCCC/C=C\C/C=C\CCCCCCCC(=O)OCC(COC(=O)CCCCCCCCCCCCCCCCCCCCCCC/C=C\CCCCCCCCCC)OC(=O)CCCCCCCCCCCCCCCCCCC. The third-order valence-corrected chi connectivity index (χ3v) is 17.1. The van der Waals surface area contributed by atoms with Gasteiger partial charge >= 0.3 is 17.9 Å². The van der Waals surface area contributed by atoms with Gasteiger partial charge in [0.25, 0.3) is 0 Å². The molecule has 0 aromatic carbocycles. The molecule has 83 heavy (non-hydrogen) atoms. The van der Waals surface area contributed by atoms with Crippen LogP contribution in [0.5, 0.6) is 0 Å². The normalized spacial score (nSPS) is 12.2. The van der Waals surface area contributed by atoms with Gasteiger partial charge in [-0.15, -0.1) is 0 Å². The fourth-order valence-corrected chi connectivity index (χ4v) is 11.5. The molecule has 0 aliphatic heterocycles. The Morgan fingerprint density at radius 3 is 0.699 bits per heavy atom. The van der Waals surface area contributed by atoms with E-state index < -0.39 is 6.10 Å². The van der Waals surface area contributed by atoms with Crippen LogP contribution in [-0.4, -0.2) is 37.2 Å². The van der Waals surface area contributed by atoms with Gasteiger partial charge in [0, 0.05) is 19.3 Å². The van der Waals surface area contributed by atoms with Crippen LogP contribution >= 0.6 is 0 Å². The Labute approximate surface area is 518 Å². The molecular weight excluding hydrogens is 1020 g/mol. The van der Waals surface area contributed by atoms with Gasteiger partial charge in [-0.05, 0) is 77.0 Å². The second-order valence-corrected chi connectivity index (χ2v) is 25.6. The van der Waals surface area contributed by atoms with E-state index in [-0.39, 0.29) is 31.1 Å². The number of hydrogen-bond donors (Lipinski definition) is 0. The summed E-state index contributed by atoms with van der Waals surface area (Å²) in [6.07, 6.45) is 90.6. The van der Waals surface area contributed by atoms with Gasteiger partial charge in [-0.25, -0.2) is 0 Å². The Hall–Kier alpha value is -2.37. The first-order valence-corrected chi connectivity index (χ1v) is 37.5. The standard InChI is InChI=1S/C77H144O6/c1-4-7-10-13-16-19-22-25-28-30-31-32-33-34-35-36-37-38-39-40-41-42-43-44-45-47-49-52-55-58-61-64-67-70-76(79)82-73-74(72-81-75(78)69-66-63-60-57-54-51-48-27-24-21-18-15-12-9-6-3)83-77(80)71-68-65-62-59-56-53-50-46-29-26-23-20-17-14-11-8-5-2/h18,21,27,30-31,48,74H,4-17,19-20,22-26,28-29,32-47,49-73H2,1-3H3/b21-18-,31-30-,48-27-. The van der Waals surface area contributed by atoms with Crippen molar-refractivity contribution in [3.05, 3.63) is 36.5 Å². The van der Waals surface area contributed by atoms with Gasteiger partial charge in [0.2, 0.25) is 0 Å². The monoisotopic (exact) mass is 1170 g/mol. The highest BCUT2D eigenvalue weighted by Gasteiger charge is 2.20. The van der Waals surface area contributed by atoms with Crippen LogP contribution in [0, 0.1) is 0 Å². The summed E-state index contributed by atoms with van der Waals surface area (Å²) in [7, 11) is 0. The summed E-state index contributed by atoms with van der Waals surface area (Å²) in [5.74, 6) is -0.853. The number of ether oxygens (including phenoxy) is 3. The van der Waals surface area contributed by atoms with Gasteiger partial charge in [-0.1, -0.05) is 359 Å². The summed E-state index contributed by atoms with van der Waals surface area (Å²) >= 11 is 0. The van der Waals surface area contributed by atoms with Crippen LogP contribution in [0.4, 0.5) is 0 Å². The van der Waals surface area contributed by atoms with E-state index in [1.54, 1.807) is 0 Å². The van der Waals surface area contributed by atoms with E-state index in [9.17, 15) is 14.4 Å². The topological polar surface area (TPSA) is 78.9 Å². The van der Waals surface area contributed by atoms with Crippen molar-refractivity contribution in [1.82, 2.24) is 0 Å². The molecule has 0 heterocycles. The highest BCUT2D eigenvalue weighted by atomic mass is 16.6. The largest absolute Gasteiger partial charge is 0.462 e. The molecule has 0 N–H and O–H groups in total. The Morgan fingerprint density at radius 2 is 0.434 bits per heavy atom. The molecule has 0 spiro atoms. The molecule has 488 valence electrons. The van der Waals surface area contributed by atoms with E-state index in [1.165, 1.54) is 302 Å². The second-order valence-electron chi connectivity index (χ2n) is 25.6. The van der Waals surface area contributed by atoms with E-state index in [4.69, 9.17) is 14.2 Å². The average molecular weight is 1170 g/mol. The molecule has 0 aromatic rings. The van der Waals surface area contributed by atoms with Crippen LogP contribution in [0.25, 0.3) is 0 Å². The molecule has 0 radical (unpaired) electrons. The smallest absolute Gasteiger partial charge is 0.306 e. The summed E-state index contributed by atoms with van der Waals surface area (Å²) in [6, 6.07) is 0. The summed E-state index contributed by atoms with van der Waals surface area (Å²) < 4.78 is 17.0. The number of hydrogen-bond acceptors (Lipinski definition) is 6. The van der Waals surface area contributed by atoms with Crippen LogP contribution in [0.3, 0.4) is 0 Å². The van der Waals surface area contributed by atoms with Crippen molar-refractivity contribution in [3.8, 4) is 0 Å². The van der Waals surface area contributed by atoms with Crippen LogP contribution in [-0.2, 0) is 28.6 Å². The number of unbranched alkanes of at least 4 members (excludes halogenated alkanes) is 53. The predicted molar refractivity (Wildman–Crippen MR) is 362 cm³/mol. The van der Waals surface area contributed by atoms with Crippen molar-refractivity contribution in [2.45, 2.75) is 425 Å². The Bertz CT molecular complexity index is 1380. The van der Waals surface area contributed by atoms with E-state index in [2.05, 4.69) is 57.2 Å². The van der Waals surface area contributed by atoms with E-state index >= 15 is 0 Å². The molecule has 6 nitrogen and oxygen atoms in total. The fraction of sp³-hybridized carbons (Fsp3) is 0.883. The van der Waals surface area contributed by atoms with Crippen molar-refractivity contribution in [2.24, 2.45) is 0 Å². The van der Waals surface area contributed by atoms with Crippen LogP contribution in [0.2, 0.25) is 0 Å². The summed E-state index contributed by atoms with van der Waals surface area (Å²) in [6.45, 7) is 6.68. The zero-order valence-electron chi connectivity index (χ0n) is 56.2. The molecule has 0 aliphatic rings. The highest BCUT2D eigenvalue weighted by Crippen LogP contribution is 2.19. The number of rotatable bonds is 70. The lowest BCUT2D eigenvalue weighted by Gasteiger charge is -2.18. The third kappa shape index (κ3) is 70.3. The lowest BCUT2D eigenvalue weighted by Crippen LogP contribution is -2.30. The number of allylic oxidation sites excluding steroid dienone is 6. The molecule has 0 fully saturated rings. The molecule has 0 aromatic heterocycles. The van der Waals surface area contributed by atoms with Gasteiger partial charge in [0.05, 0.1) is 0 Å². The average Bonchev–Trinajstić information content (AvgIpc) is 3.49. The molecule has 0 bridgehead atoms. The zero-order chi connectivity index (χ0) is 59.9. The molecular formula is C77H144O6. The maximum absolute atomic E-state index is 12.9. The lowest BCUT2D eigenvalue weighted by atomic mass is 10.0. The first-order valence-electron chi connectivity index (χ1n) is 37.5. The third-order valence-electron chi connectivity index (χ3n) is 17.1. The van der Waals surface area contributed by atoms with Gasteiger partial charge in [-0.3, -0.25) is 14.4 Å². The molecule has 0 aliphatic carbocycles. The predicted octanol–water partition coefficient (Wildman–Crippen LogP) is 25.9. The Balaban J connectivity index is 4.13. The van der Waals surface area contributed by atoms with E-state index in [1.807, 2.05) is 0 Å². The lowest BCUT2D eigenvalue weighted by molar-refractivity contribution is -0.167. The minimum atomic E-state index is -0.775. The van der Waals surface area contributed by atoms with Gasteiger partial charge in [0.15, 0.2) is 6.10 Å². The Kier molecular flexibility index (Phi) is 70.0. The Morgan fingerprint density at radius 1 is 0.241 bits per heavy atom. The van der Waals surface area contributed by atoms with Crippen molar-refractivity contribution in [2.75, 3.05) is 13.2 Å². The fourth-order valence-electron chi connectivity index (χ4n) is 11.5. The summed E-state index contributed by atoms with van der Waals surface area (Å²) in [5.41, 5.74) is 0. The highest BCUT2D eigenvalue weighted by molar-refractivity contribution is 5.71. The van der Waals surface area contributed by atoms with Gasteiger partial charge in [-0.2, -0.15) is 0 Å². The zero-order valence-corrected chi connectivity index (χ0v) is 56.2. The first-order chi connectivity index (χ1) is 41.0. The molecule has 1 atom stereocenters. The molecule has 0 rings (SSSR count). The van der Waals surface area contributed by atoms with Crippen molar-refractivity contribution in [1.29, 1.82) is 0 Å². The van der Waals surface area contributed by atoms with E-state index in [0.717, 1.165) is 77.0 Å². The van der Waals surface area contributed by atoms with Gasteiger partial charge < -0.3 is 14.2 Å². The van der Waals surface area contributed by atoms with Crippen LogP contribution in [0.1, 0.15) is 419 Å². The summed E-state index contributed by atoms with van der Waals surface area (Å²) in [4.78, 5) is 38.4. The molecule has 0 saturated carbocycles. The quantitative estimate of drug-likeness (QED) is 0.0261. The maximum atomic E-state index is 12.9. The summed E-state index contributed by atoms with van der Waals surface area (Å²) in [5, 5.41) is 0. The number of carbonyl (C=O) groups excluding carboxylic acids is 3. The van der Waals surface area contributed by atoms with Crippen molar-refractivity contribution >= 4 is 17.9 Å². The molecule has 6 heteroatoms. The minimum Gasteiger partial charge on any atom is -0.462 e. The maximum Gasteiger partial charge on any atom is 0.306 e. The van der Waals surface area contributed by atoms with Gasteiger partial charge in [0.1, 0.15) is 13.2 Å². The second kappa shape index (κ2) is 72.1. The molecule has 0 amide bonds.